The molecule has 0 radical (unpaired) electrons. The quantitative estimate of drug-likeness (QED) is 0.0596. The predicted molar refractivity (Wildman–Crippen MR) is 332 cm³/mol. The van der Waals surface area contributed by atoms with Crippen molar-refractivity contribution in [2.45, 2.75) is 207 Å². The molecular weight excluding hydrogens is 1180 g/mol. The molecule has 20 N–H and O–H groups in total. The van der Waals surface area contributed by atoms with Crippen molar-refractivity contribution in [1.29, 1.82) is 0 Å². The molecule has 18 atom stereocenters. The highest BCUT2D eigenvalue weighted by molar-refractivity contribution is 7.47. The first kappa shape index (κ1) is 69.4. The summed E-state index contributed by atoms with van der Waals surface area (Å²) in [5.74, 6) is -6.20. The number of allylic oxidation sites excluding steroid dienone is 3. The lowest BCUT2D eigenvalue weighted by Crippen LogP contribution is -2.64. The molecule has 5 fully saturated rings. The molecule has 498 valence electrons. The molecule has 8 rings (SSSR count). The highest BCUT2D eigenvalue weighted by Crippen LogP contribution is 2.62. The summed E-state index contributed by atoms with van der Waals surface area (Å²) in [6, 6.07) is 1.17. The second-order valence-electron chi connectivity index (χ2n) is 27.9. The van der Waals surface area contributed by atoms with E-state index in [9.17, 15) is 53.2 Å². The number of imidazole rings is 1. The van der Waals surface area contributed by atoms with Gasteiger partial charge in [0.25, 0.3) is 0 Å². The fourth-order valence-corrected chi connectivity index (χ4v) is 17.8. The number of aliphatic hydroxyl groups is 2. The smallest absolute Gasteiger partial charge is 0.394 e. The Balaban J connectivity index is 1.18. The lowest BCUT2D eigenvalue weighted by molar-refractivity contribution is -0.124. The zero-order valence-corrected chi connectivity index (χ0v) is 54.5. The fraction of sp³-hybridized carbons (Fsp3) is 0.677. The lowest BCUT2D eigenvalue weighted by atomic mass is 9.56. The second-order valence-corrected chi connectivity index (χ2v) is 29.2. The Bertz CT molecular complexity index is 3330. The number of hydrogen-bond acceptors (Lipinski definition) is 18. The topological polar surface area (TPSA) is 459 Å². The number of amides is 7. The molecule has 6 aliphatic rings. The third-order valence-electron chi connectivity index (χ3n) is 21.7. The number of aliphatic hydroxyl groups excluding tert-OH is 2. The Labute approximate surface area is 525 Å². The lowest BCUT2D eigenvalue weighted by Gasteiger charge is -2.49. The van der Waals surface area contributed by atoms with Crippen LogP contribution < -0.4 is 61.0 Å². The van der Waals surface area contributed by atoms with E-state index >= 15 is 0 Å². The van der Waals surface area contributed by atoms with Gasteiger partial charge in [0.05, 0.1) is 36.1 Å². The van der Waals surface area contributed by atoms with Gasteiger partial charge in [-0.2, -0.15) is 0 Å². The normalized spacial score (nSPS) is 36.7. The van der Waals surface area contributed by atoms with E-state index < -0.39 is 156 Å². The summed E-state index contributed by atoms with van der Waals surface area (Å²) in [5.41, 5.74) is 37.8. The van der Waals surface area contributed by atoms with Crippen LogP contribution in [-0.4, -0.2) is 133 Å². The van der Waals surface area contributed by atoms with Crippen LogP contribution in [0.15, 0.2) is 52.8 Å². The fourth-order valence-electron chi connectivity index (χ4n) is 16.7. The molecule has 90 heavy (non-hydrogen) atoms. The molecule has 5 saturated heterocycles. The number of ether oxygens (including phenoxy) is 1. The number of nitrogens with one attached hydrogen (secondary N) is 5. The van der Waals surface area contributed by atoms with Gasteiger partial charge in [-0.15, -0.1) is 0 Å². The van der Waals surface area contributed by atoms with Crippen LogP contribution in [0.2, 0.25) is 0 Å². The van der Waals surface area contributed by atoms with Crippen molar-refractivity contribution in [1.82, 2.24) is 36.1 Å². The first-order valence-corrected chi connectivity index (χ1v) is 32.6. The number of aryl methyl sites for hydroxylation is 2. The van der Waals surface area contributed by atoms with Crippen molar-refractivity contribution < 1.29 is 67.0 Å². The van der Waals surface area contributed by atoms with E-state index in [0.29, 0.717) is 28.8 Å². The largest absolute Gasteiger partial charge is 0.472 e. The zero-order chi connectivity index (χ0) is 66.7. The number of primary amides is 6. The third kappa shape index (κ3) is 13.2. The second kappa shape index (κ2) is 25.9. The van der Waals surface area contributed by atoms with E-state index in [1.165, 1.54) is 13.3 Å². The SMILES string of the molecule is C/C1=C2/NC(/C=C3\N[C@H](/C(C)=C4\N[C@H]([C@H](CC(N)=O)[C@@]4(C)CCC(=O)NC[C@@H](C)OP(=O)(O)O[C@H]4[C@@H](O)[C@@H](n5cnc6cc(C)c(C)cc65)O[C@@H]4CO)[C@]4(C)NC1[C@@H](CCC(N)=O)[C@]4(C)CC(N)=O)[C@@H](CCC(N)=O)C3(C)C)[C@@H](CCC(N)=O)[C@]2(C)CC(N)=O. The molecule has 7 heterocycles. The number of phosphoric ester groups is 1. The Morgan fingerprint density at radius 1 is 0.744 bits per heavy atom. The number of carbonyl (C=O) groups excluding carboxylic acids is 7. The van der Waals surface area contributed by atoms with Gasteiger partial charge in [-0.25, -0.2) is 9.55 Å². The molecule has 1 aromatic carbocycles. The van der Waals surface area contributed by atoms with Crippen LogP contribution in [0, 0.1) is 59.2 Å². The Morgan fingerprint density at radius 3 is 1.91 bits per heavy atom. The van der Waals surface area contributed by atoms with Crippen molar-refractivity contribution in [3.63, 3.8) is 0 Å². The summed E-state index contributed by atoms with van der Waals surface area (Å²) < 4.78 is 32.3. The van der Waals surface area contributed by atoms with Gasteiger partial charge in [-0.3, -0.25) is 42.6 Å². The van der Waals surface area contributed by atoms with Gasteiger partial charge in [0, 0.05) is 120 Å². The average Bonchev–Trinajstić information content (AvgIpc) is 1.53. The van der Waals surface area contributed by atoms with E-state index in [1.807, 2.05) is 67.5 Å². The van der Waals surface area contributed by atoms with E-state index in [2.05, 4.69) is 51.5 Å². The maximum Gasteiger partial charge on any atom is 0.472 e. The highest BCUT2D eigenvalue weighted by Gasteiger charge is 2.68. The number of fused-ring (bicyclic) bond motifs is 10. The molecule has 1 aromatic heterocycles. The van der Waals surface area contributed by atoms with Crippen molar-refractivity contribution in [2.24, 2.45) is 79.7 Å². The number of phosphoric acid groups is 1. The number of nitrogens with zero attached hydrogens (tertiary/aromatic N) is 2. The number of carbonyl (C=O) groups is 7. The summed E-state index contributed by atoms with van der Waals surface area (Å²) in [4.78, 5) is 109. The van der Waals surface area contributed by atoms with E-state index in [-0.39, 0.29) is 76.7 Å². The third-order valence-corrected chi connectivity index (χ3v) is 22.8. The van der Waals surface area contributed by atoms with E-state index in [0.717, 1.165) is 28.0 Å². The van der Waals surface area contributed by atoms with Gasteiger partial charge in [0.1, 0.15) is 18.3 Å². The predicted octanol–water partition coefficient (Wildman–Crippen LogP) is 1.71. The van der Waals surface area contributed by atoms with Gasteiger partial charge in [0.2, 0.25) is 41.4 Å². The van der Waals surface area contributed by atoms with Crippen molar-refractivity contribution in [3.8, 4) is 0 Å². The average molecular weight is 1280 g/mol. The minimum absolute atomic E-state index is 0.0183. The first-order valence-electron chi connectivity index (χ1n) is 31.1. The van der Waals surface area contributed by atoms with Crippen molar-refractivity contribution in [3.05, 3.63) is 63.9 Å². The minimum Gasteiger partial charge on any atom is -0.394 e. The minimum atomic E-state index is -5.05. The molecule has 6 aliphatic heterocycles. The van der Waals surface area contributed by atoms with Crippen LogP contribution >= 0.6 is 7.82 Å². The number of rotatable bonds is 26. The van der Waals surface area contributed by atoms with E-state index in [4.69, 9.17) is 48.2 Å². The van der Waals surface area contributed by atoms with Crippen LogP contribution in [0.25, 0.3) is 11.0 Å². The van der Waals surface area contributed by atoms with Gasteiger partial charge < -0.3 is 85.4 Å². The highest BCUT2D eigenvalue weighted by atomic mass is 31.2. The van der Waals surface area contributed by atoms with Crippen LogP contribution in [0.4, 0.5) is 0 Å². The van der Waals surface area contributed by atoms with E-state index in [1.54, 1.807) is 4.57 Å². The van der Waals surface area contributed by atoms with Gasteiger partial charge in [-0.05, 0) is 125 Å². The summed E-state index contributed by atoms with van der Waals surface area (Å²) in [7, 11) is -5.05. The monoisotopic (exact) mass is 1280 g/mol. The number of nitrogens with two attached hydrogens (primary N) is 6. The number of benzene rings is 1. The van der Waals surface area contributed by atoms with Crippen LogP contribution in [0.5, 0.6) is 0 Å². The van der Waals surface area contributed by atoms with Crippen LogP contribution in [-0.2, 0) is 51.9 Å². The summed E-state index contributed by atoms with van der Waals surface area (Å²) in [6.45, 7) is 20.1. The molecule has 0 spiro atoms. The van der Waals surface area contributed by atoms with Crippen LogP contribution in [0.1, 0.15) is 150 Å². The van der Waals surface area contributed by atoms with Crippen LogP contribution in [0.3, 0.4) is 0 Å². The molecule has 8 bridgehead atoms. The summed E-state index contributed by atoms with van der Waals surface area (Å²) >= 11 is 0. The van der Waals surface area contributed by atoms with Gasteiger partial charge >= 0.3 is 7.82 Å². The first-order chi connectivity index (χ1) is 41.8. The Hall–Kier alpha value is -6.45. The molecule has 7 amide bonds. The molecule has 0 saturated carbocycles. The summed E-state index contributed by atoms with van der Waals surface area (Å²) in [6.07, 6.45) is -3.15. The molecule has 2 aromatic rings. The van der Waals surface area contributed by atoms with Gasteiger partial charge in [0.15, 0.2) is 6.23 Å². The molecule has 28 heteroatoms. The Kier molecular flexibility index (Phi) is 20.0. The molecular formula is C62H96N13O14P. The number of hydrogen-bond donors (Lipinski definition) is 14. The van der Waals surface area contributed by atoms with Gasteiger partial charge in [-0.1, -0.05) is 34.6 Å². The summed E-state index contributed by atoms with van der Waals surface area (Å²) in [5, 5.41) is 40.2. The number of aromatic nitrogens is 2. The molecule has 0 aliphatic carbocycles. The molecule has 27 nitrogen and oxygen atoms in total. The zero-order valence-electron chi connectivity index (χ0n) is 53.6. The maximum absolute atomic E-state index is 14.4. The standard InChI is InChI=1S/C62H96N13O14P/c1-29-20-39-40(21-30(29)2)75(28-70-39)57-52(84)53(41(27-76)87-57)89-90(85,86)88-31(3)26-69-49(83)18-19-59(8)37(22-46(66)80)56-62(11)61(10,25-48(68)82)36(14-17-45(65)79)51(74-62)33(5)55-60(9,24-47(67)81)34(12-15-43(63)77)38(71-55)23-42-58(6,7)35(13-16-44(64)78)50(72-42)32(4)54(59)73-56/h20-21,23,28,31,34-38,41,50-53,56-57,71-74,76,84H,12-19,22,24-27H2,1-11H3,(H2,63,77)(H2,64,78)(H2,65,79)(H2,66,80)(H2,67,81)(H2,68,82)(H,69,83)(H,85,86)/b42-23-,54-32-,55-33-/t31-,34-,35-,36-,37+,38?,41-,50-,51?,52-,53-,56-,57+,59-,60+,61+,62+/m1/s1. The van der Waals surface area contributed by atoms with Crippen molar-refractivity contribution in [2.75, 3.05) is 13.2 Å². The maximum atomic E-state index is 14.4. The van der Waals surface area contributed by atoms with Crippen molar-refractivity contribution >= 4 is 60.2 Å². The Morgan fingerprint density at radius 2 is 1.32 bits per heavy atom. The molecule has 3 unspecified atom stereocenters.